The molecule has 0 saturated heterocycles. The minimum Gasteiger partial charge on any atom is -0.322 e. The van der Waals surface area contributed by atoms with Crippen LogP contribution in [0.25, 0.3) is 0 Å². The van der Waals surface area contributed by atoms with E-state index in [1.54, 1.807) is 35.0 Å². The van der Waals surface area contributed by atoms with Gasteiger partial charge in [0.05, 0.1) is 29.5 Å². The van der Waals surface area contributed by atoms with Crippen LogP contribution in [0.4, 0.5) is 5.69 Å². The molecular weight excluding hydrogens is 302 g/mol. The van der Waals surface area contributed by atoms with E-state index in [9.17, 15) is 4.79 Å². The van der Waals surface area contributed by atoms with Gasteiger partial charge in [-0.25, -0.2) is 0 Å². The van der Waals surface area contributed by atoms with Gasteiger partial charge in [0.25, 0.3) is 5.91 Å². The van der Waals surface area contributed by atoms with Gasteiger partial charge >= 0.3 is 0 Å². The topological polar surface area (TPSA) is 64.7 Å². The first-order valence-electron chi connectivity index (χ1n) is 6.67. The predicted octanol–water partition coefficient (Wildman–Crippen LogP) is 2.57. The van der Waals surface area contributed by atoms with Crippen molar-refractivity contribution < 1.29 is 4.79 Å². The molecule has 1 N–H and O–H groups in total. The fourth-order valence-corrected chi connectivity index (χ4v) is 2.26. The Morgan fingerprint density at radius 3 is 2.82 bits per heavy atom. The van der Waals surface area contributed by atoms with Crippen LogP contribution >= 0.6 is 11.6 Å². The molecule has 2 aromatic heterocycles. The molecule has 0 atom stereocenters. The third-order valence-corrected chi connectivity index (χ3v) is 3.29. The first-order chi connectivity index (χ1) is 10.6. The van der Waals surface area contributed by atoms with Gasteiger partial charge in [-0.15, -0.1) is 0 Å². The number of anilines is 1. The zero-order valence-electron chi connectivity index (χ0n) is 11.9. The maximum Gasteiger partial charge on any atom is 0.258 e. The Balaban J connectivity index is 1.72. The molecule has 1 aromatic carbocycles. The molecule has 112 valence electrons. The van der Waals surface area contributed by atoms with Gasteiger partial charge in [0.15, 0.2) is 0 Å². The van der Waals surface area contributed by atoms with E-state index >= 15 is 0 Å². The number of carbonyl (C=O) groups excluding carboxylic acids is 1. The summed E-state index contributed by atoms with van der Waals surface area (Å²) < 4.78 is 3.33. The number of hydrogen-bond acceptors (Lipinski definition) is 3. The number of amides is 1. The molecule has 0 aliphatic heterocycles. The van der Waals surface area contributed by atoms with Gasteiger partial charge in [0, 0.05) is 25.1 Å². The average Bonchev–Trinajstić information content (AvgIpc) is 3.08. The first-order valence-corrected chi connectivity index (χ1v) is 7.05. The summed E-state index contributed by atoms with van der Waals surface area (Å²) in [6, 6.07) is 7.60. The van der Waals surface area contributed by atoms with Crippen molar-refractivity contribution in [2.24, 2.45) is 7.05 Å². The summed E-state index contributed by atoms with van der Waals surface area (Å²) >= 11 is 5.85. The van der Waals surface area contributed by atoms with Crippen molar-refractivity contribution in [3.05, 3.63) is 65.2 Å². The fraction of sp³-hybridized carbons (Fsp3) is 0.133. The average molecular weight is 316 g/mol. The van der Waals surface area contributed by atoms with Crippen LogP contribution in [0.15, 0.2) is 49.1 Å². The first kappa shape index (κ1) is 14.3. The van der Waals surface area contributed by atoms with E-state index in [-0.39, 0.29) is 5.91 Å². The van der Waals surface area contributed by atoms with Crippen LogP contribution in [-0.2, 0) is 13.6 Å². The lowest BCUT2D eigenvalue weighted by atomic mass is 10.2. The number of halogens is 1. The number of aryl methyl sites for hydroxylation is 1. The van der Waals surface area contributed by atoms with Gasteiger partial charge in [-0.3, -0.25) is 14.2 Å². The summed E-state index contributed by atoms with van der Waals surface area (Å²) in [7, 11) is 1.77. The molecule has 2 heterocycles. The largest absolute Gasteiger partial charge is 0.322 e. The predicted molar refractivity (Wildman–Crippen MR) is 83.9 cm³/mol. The molecule has 0 bridgehead atoms. The monoisotopic (exact) mass is 315 g/mol. The normalized spacial score (nSPS) is 10.6. The van der Waals surface area contributed by atoms with Crippen LogP contribution in [-0.4, -0.2) is 25.5 Å². The second-order valence-corrected chi connectivity index (χ2v) is 5.35. The molecule has 22 heavy (non-hydrogen) atoms. The standard InChI is InChI=1S/C15H14ClN5O/c1-20-9-12(6-17-20)15(22)19-14-4-2-3-11(5-14)8-21-10-13(16)7-18-21/h2-7,9-10H,8H2,1H3,(H,19,22). The SMILES string of the molecule is Cn1cc(C(=O)Nc2cccc(Cn3cc(Cl)cn3)c2)cn1. The summed E-state index contributed by atoms with van der Waals surface area (Å²) in [6.07, 6.45) is 6.55. The Morgan fingerprint density at radius 1 is 1.27 bits per heavy atom. The number of aromatic nitrogens is 4. The summed E-state index contributed by atoms with van der Waals surface area (Å²) in [6.45, 7) is 0.587. The van der Waals surface area contributed by atoms with E-state index in [4.69, 9.17) is 11.6 Å². The van der Waals surface area contributed by atoms with E-state index in [2.05, 4.69) is 15.5 Å². The Kier molecular flexibility index (Phi) is 3.93. The summed E-state index contributed by atoms with van der Waals surface area (Å²) in [4.78, 5) is 12.1. The number of nitrogens with zero attached hydrogens (tertiary/aromatic N) is 4. The minimum absolute atomic E-state index is 0.188. The van der Waals surface area contributed by atoms with Crippen LogP contribution in [0.1, 0.15) is 15.9 Å². The van der Waals surface area contributed by atoms with E-state index in [1.807, 2.05) is 24.3 Å². The molecule has 3 aromatic rings. The minimum atomic E-state index is -0.188. The smallest absolute Gasteiger partial charge is 0.258 e. The zero-order chi connectivity index (χ0) is 15.5. The second kappa shape index (κ2) is 6.03. The van der Waals surface area contributed by atoms with Gasteiger partial charge < -0.3 is 5.32 Å². The molecule has 0 radical (unpaired) electrons. The lowest BCUT2D eigenvalue weighted by Crippen LogP contribution is -2.11. The van der Waals surface area contributed by atoms with Crippen molar-refractivity contribution in [3.8, 4) is 0 Å². The van der Waals surface area contributed by atoms with Gasteiger partial charge in [-0.2, -0.15) is 10.2 Å². The van der Waals surface area contributed by atoms with Gasteiger partial charge in [-0.1, -0.05) is 23.7 Å². The fourth-order valence-electron chi connectivity index (χ4n) is 2.10. The highest BCUT2D eigenvalue weighted by Gasteiger charge is 2.08. The number of nitrogens with one attached hydrogen (secondary N) is 1. The van der Waals surface area contributed by atoms with Gasteiger partial charge in [0.2, 0.25) is 0 Å². The Hall–Kier alpha value is -2.60. The molecule has 0 saturated carbocycles. The third-order valence-electron chi connectivity index (χ3n) is 3.10. The molecule has 0 unspecified atom stereocenters. The van der Waals surface area contributed by atoms with Gasteiger partial charge in [-0.05, 0) is 17.7 Å². The van der Waals surface area contributed by atoms with Crippen molar-refractivity contribution >= 4 is 23.2 Å². The molecule has 0 aliphatic rings. The number of benzene rings is 1. The number of carbonyl (C=O) groups is 1. The van der Waals surface area contributed by atoms with Crippen molar-refractivity contribution in [1.29, 1.82) is 0 Å². The molecule has 0 aliphatic carbocycles. The van der Waals surface area contributed by atoms with Crippen LogP contribution in [0.3, 0.4) is 0 Å². The van der Waals surface area contributed by atoms with Crippen LogP contribution in [0, 0.1) is 0 Å². The highest BCUT2D eigenvalue weighted by atomic mass is 35.5. The molecule has 3 rings (SSSR count). The molecule has 7 heteroatoms. The summed E-state index contributed by atoms with van der Waals surface area (Å²) in [5, 5.41) is 11.6. The van der Waals surface area contributed by atoms with E-state index < -0.39 is 0 Å². The van der Waals surface area contributed by atoms with Gasteiger partial charge in [0.1, 0.15) is 0 Å². The maximum atomic E-state index is 12.1. The van der Waals surface area contributed by atoms with Crippen LogP contribution in [0.5, 0.6) is 0 Å². The lowest BCUT2D eigenvalue weighted by molar-refractivity contribution is 0.102. The molecule has 0 fully saturated rings. The lowest BCUT2D eigenvalue weighted by Gasteiger charge is -2.07. The zero-order valence-corrected chi connectivity index (χ0v) is 12.7. The molecular formula is C15H14ClN5O. The highest BCUT2D eigenvalue weighted by Crippen LogP contribution is 2.14. The Labute approximate surface area is 132 Å². The Morgan fingerprint density at radius 2 is 2.14 bits per heavy atom. The van der Waals surface area contributed by atoms with Crippen molar-refractivity contribution in [3.63, 3.8) is 0 Å². The molecule has 0 spiro atoms. The van der Waals surface area contributed by atoms with Crippen LogP contribution < -0.4 is 5.32 Å². The van der Waals surface area contributed by atoms with Crippen molar-refractivity contribution in [2.45, 2.75) is 6.54 Å². The van der Waals surface area contributed by atoms with E-state index in [1.165, 1.54) is 6.20 Å². The van der Waals surface area contributed by atoms with Crippen LogP contribution in [0.2, 0.25) is 5.02 Å². The van der Waals surface area contributed by atoms with E-state index in [0.29, 0.717) is 17.1 Å². The van der Waals surface area contributed by atoms with Crippen molar-refractivity contribution in [1.82, 2.24) is 19.6 Å². The summed E-state index contributed by atoms with van der Waals surface area (Å²) in [5.74, 6) is -0.188. The van der Waals surface area contributed by atoms with E-state index in [0.717, 1.165) is 11.3 Å². The summed E-state index contributed by atoms with van der Waals surface area (Å²) in [5.41, 5.74) is 2.26. The molecule has 6 nitrogen and oxygen atoms in total. The molecule has 1 amide bonds. The number of rotatable bonds is 4. The quantitative estimate of drug-likeness (QED) is 0.804. The maximum absolute atomic E-state index is 12.1. The Bertz CT molecular complexity index is 808. The number of hydrogen-bond donors (Lipinski definition) is 1. The third kappa shape index (κ3) is 3.35. The van der Waals surface area contributed by atoms with Crippen molar-refractivity contribution in [2.75, 3.05) is 5.32 Å². The highest BCUT2D eigenvalue weighted by molar-refractivity contribution is 6.30. The second-order valence-electron chi connectivity index (χ2n) is 4.91.